The maximum Gasteiger partial charge on any atom is 0.152 e. The summed E-state index contributed by atoms with van der Waals surface area (Å²) in [5.74, 6) is 0.511. The molecule has 0 amide bonds. The van der Waals surface area contributed by atoms with Crippen molar-refractivity contribution < 1.29 is 9.84 Å². The largest absolute Gasteiger partial charge is 0.368 e. The molecule has 1 aliphatic rings. The average molecular weight is 206 g/mol. The maximum absolute atomic E-state index is 9.18. The van der Waals surface area contributed by atoms with Crippen LogP contribution in [0.4, 0.5) is 0 Å². The molecule has 0 radical (unpaired) electrons. The molecule has 0 saturated carbocycles. The summed E-state index contributed by atoms with van der Waals surface area (Å²) in [7, 11) is 0. The lowest BCUT2D eigenvalue weighted by molar-refractivity contribution is -0.132. The zero-order valence-electron chi connectivity index (χ0n) is 9.31. The standard InChI is InChI=1S/C13H18O2/c1-9(15-10(2)14)13-7-11-5-3-4-6-12(11)8-13/h3-6,9-10,13-14H,7-8H2,1-2H3/t9-,10-/m1/s1. The molecule has 15 heavy (non-hydrogen) atoms. The number of hydrogen-bond acceptors (Lipinski definition) is 2. The Morgan fingerprint density at radius 2 is 1.73 bits per heavy atom. The van der Waals surface area contributed by atoms with E-state index in [1.165, 1.54) is 11.1 Å². The van der Waals surface area contributed by atoms with Crippen molar-refractivity contribution in [1.82, 2.24) is 0 Å². The molecule has 1 aromatic rings. The third-order valence-electron chi connectivity index (χ3n) is 3.16. The summed E-state index contributed by atoms with van der Waals surface area (Å²) in [6, 6.07) is 8.54. The molecule has 1 aromatic carbocycles. The van der Waals surface area contributed by atoms with Crippen LogP contribution in [0.15, 0.2) is 24.3 Å². The van der Waals surface area contributed by atoms with Crippen LogP contribution in [0.1, 0.15) is 25.0 Å². The fourth-order valence-corrected chi connectivity index (χ4v) is 2.35. The van der Waals surface area contributed by atoms with Crippen molar-refractivity contribution in [2.24, 2.45) is 5.92 Å². The highest BCUT2D eigenvalue weighted by atomic mass is 16.6. The monoisotopic (exact) mass is 206 g/mol. The first-order valence-corrected chi connectivity index (χ1v) is 5.57. The van der Waals surface area contributed by atoms with Gasteiger partial charge in [0, 0.05) is 0 Å². The molecule has 1 N–H and O–H groups in total. The number of aliphatic hydroxyl groups excluding tert-OH is 1. The summed E-state index contributed by atoms with van der Waals surface area (Å²) >= 11 is 0. The molecule has 0 fully saturated rings. The number of fused-ring (bicyclic) bond motifs is 1. The normalized spacial score (nSPS) is 19.9. The molecule has 0 unspecified atom stereocenters. The minimum atomic E-state index is -0.663. The van der Waals surface area contributed by atoms with Crippen LogP contribution < -0.4 is 0 Å². The van der Waals surface area contributed by atoms with Gasteiger partial charge >= 0.3 is 0 Å². The Morgan fingerprint density at radius 1 is 1.20 bits per heavy atom. The maximum atomic E-state index is 9.18. The fraction of sp³-hybridized carbons (Fsp3) is 0.538. The second-order valence-electron chi connectivity index (χ2n) is 4.38. The number of aliphatic hydroxyl groups is 1. The molecule has 0 bridgehead atoms. The quantitative estimate of drug-likeness (QED) is 0.768. The van der Waals surface area contributed by atoms with Crippen molar-refractivity contribution in [2.45, 2.75) is 39.1 Å². The van der Waals surface area contributed by atoms with Crippen LogP contribution in [0.25, 0.3) is 0 Å². The van der Waals surface area contributed by atoms with Crippen molar-refractivity contribution in [3.63, 3.8) is 0 Å². The Balaban J connectivity index is 2.00. The number of rotatable bonds is 3. The van der Waals surface area contributed by atoms with Crippen LogP contribution in [0.2, 0.25) is 0 Å². The van der Waals surface area contributed by atoms with Crippen molar-refractivity contribution in [2.75, 3.05) is 0 Å². The summed E-state index contributed by atoms with van der Waals surface area (Å²) in [5.41, 5.74) is 2.87. The van der Waals surface area contributed by atoms with Gasteiger partial charge in [-0.05, 0) is 43.7 Å². The Labute approximate surface area is 90.9 Å². The lowest BCUT2D eigenvalue weighted by Crippen LogP contribution is -2.25. The summed E-state index contributed by atoms with van der Waals surface area (Å²) < 4.78 is 5.42. The Hall–Kier alpha value is -0.860. The van der Waals surface area contributed by atoms with Gasteiger partial charge in [-0.25, -0.2) is 0 Å². The molecule has 82 valence electrons. The molecular weight excluding hydrogens is 188 g/mol. The van der Waals surface area contributed by atoms with Crippen LogP contribution in [-0.2, 0) is 17.6 Å². The first-order chi connectivity index (χ1) is 7.16. The van der Waals surface area contributed by atoms with Gasteiger partial charge in [-0.2, -0.15) is 0 Å². The second-order valence-corrected chi connectivity index (χ2v) is 4.38. The van der Waals surface area contributed by atoms with Gasteiger partial charge in [-0.15, -0.1) is 0 Å². The minimum absolute atomic E-state index is 0.123. The smallest absolute Gasteiger partial charge is 0.152 e. The minimum Gasteiger partial charge on any atom is -0.368 e. The van der Waals surface area contributed by atoms with Crippen molar-refractivity contribution in [3.8, 4) is 0 Å². The van der Waals surface area contributed by atoms with E-state index in [4.69, 9.17) is 4.74 Å². The summed E-state index contributed by atoms with van der Waals surface area (Å²) in [5, 5.41) is 9.18. The molecule has 0 aromatic heterocycles. The third-order valence-corrected chi connectivity index (χ3v) is 3.16. The highest BCUT2D eigenvalue weighted by molar-refractivity contribution is 5.32. The van der Waals surface area contributed by atoms with E-state index < -0.39 is 6.29 Å². The molecule has 0 saturated heterocycles. The van der Waals surface area contributed by atoms with E-state index in [9.17, 15) is 5.11 Å². The fourth-order valence-electron chi connectivity index (χ4n) is 2.35. The summed E-state index contributed by atoms with van der Waals surface area (Å²) in [6.07, 6.45) is 1.61. The first-order valence-electron chi connectivity index (χ1n) is 5.57. The number of ether oxygens (including phenoxy) is 1. The van der Waals surface area contributed by atoms with Gasteiger partial charge < -0.3 is 9.84 Å². The predicted octanol–water partition coefficient (Wildman–Crippen LogP) is 2.14. The molecule has 2 atom stereocenters. The van der Waals surface area contributed by atoms with E-state index in [-0.39, 0.29) is 6.10 Å². The molecule has 2 heteroatoms. The van der Waals surface area contributed by atoms with E-state index in [0.717, 1.165) is 12.8 Å². The zero-order valence-corrected chi connectivity index (χ0v) is 9.31. The number of benzene rings is 1. The van der Waals surface area contributed by atoms with Crippen LogP contribution in [0, 0.1) is 5.92 Å². The van der Waals surface area contributed by atoms with Gasteiger partial charge in [-0.1, -0.05) is 24.3 Å². The lowest BCUT2D eigenvalue weighted by atomic mass is 10.0. The Kier molecular flexibility index (Phi) is 3.08. The second kappa shape index (κ2) is 4.33. The lowest BCUT2D eigenvalue weighted by Gasteiger charge is -2.21. The number of hydrogen-bond donors (Lipinski definition) is 1. The topological polar surface area (TPSA) is 29.5 Å². The highest BCUT2D eigenvalue weighted by Gasteiger charge is 2.26. The molecule has 0 spiro atoms. The first kappa shape index (κ1) is 10.7. The molecule has 0 heterocycles. The molecule has 2 nitrogen and oxygen atoms in total. The van der Waals surface area contributed by atoms with Crippen LogP contribution in [0.3, 0.4) is 0 Å². The summed E-state index contributed by atoms with van der Waals surface area (Å²) in [6.45, 7) is 3.71. The van der Waals surface area contributed by atoms with Crippen LogP contribution in [-0.4, -0.2) is 17.5 Å². The van der Waals surface area contributed by atoms with Gasteiger partial charge in [-0.3, -0.25) is 0 Å². The van der Waals surface area contributed by atoms with Crippen LogP contribution in [0.5, 0.6) is 0 Å². The van der Waals surface area contributed by atoms with Gasteiger partial charge in [0.15, 0.2) is 6.29 Å². The van der Waals surface area contributed by atoms with E-state index in [0.29, 0.717) is 5.92 Å². The van der Waals surface area contributed by atoms with Gasteiger partial charge in [0.2, 0.25) is 0 Å². The molecule has 2 rings (SSSR count). The van der Waals surface area contributed by atoms with Gasteiger partial charge in [0.1, 0.15) is 0 Å². The van der Waals surface area contributed by atoms with E-state index in [1.54, 1.807) is 6.92 Å². The Bertz CT molecular complexity index is 308. The van der Waals surface area contributed by atoms with Crippen molar-refractivity contribution in [3.05, 3.63) is 35.4 Å². The zero-order chi connectivity index (χ0) is 10.8. The van der Waals surface area contributed by atoms with Crippen LogP contribution >= 0.6 is 0 Å². The van der Waals surface area contributed by atoms with Crippen molar-refractivity contribution >= 4 is 0 Å². The highest BCUT2D eigenvalue weighted by Crippen LogP contribution is 2.29. The molecule has 1 aliphatic carbocycles. The average Bonchev–Trinajstić information content (AvgIpc) is 2.59. The van der Waals surface area contributed by atoms with Gasteiger partial charge in [0.05, 0.1) is 6.10 Å². The SMILES string of the molecule is C[C@H](O)O[C@H](C)C1Cc2ccccc2C1. The van der Waals surface area contributed by atoms with E-state index in [2.05, 4.69) is 24.3 Å². The molecular formula is C13H18O2. The third kappa shape index (κ3) is 2.39. The van der Waals surface area contributed by atoms with E-state index in [1.807, 2.05) is 6.92 Å². The Morgan fingerprint density at radius 3 is 2.20 bits per heavy atom. The predicted molar refractivity (Wildman–Crippen MR) is 59.6 cm³/mol. The van der Waals surface area contributed by atoms with Crippen molar-refractivity contribution in [1.29, 1.82) is 0 Å². The summed E-state index contributed by atoms with van der Waals surface area (Å²) in [4.78, 5) is 0. The van der Waals surface area contributed by atoms with Gasteiger partial charge in [0.25, 0.3) is 0 Å². The molecule has 0 aliphatic heterocycles. The van der Waals surface area contributed by atoms with E-state index >= 15 is 0 Å².